The van der Waals surface area contributed by atoms with E-state index in [1.807, 2.05) is 13.0 Å². The van der Waals surface area contributed by atoms with Gasteiger partial charge in [0.05, 0.1) is 12.1 Å². The number of methoxy groups -OCH3 is 1. The zero-order valence-electron chi connectivity index (χ0n) is 14.4. The summed E-state index contributed by atoms with van der Waals surface area (Å²) in [5, 5.41) is 3.90. The predicted octanol–water partition coefficient (Wildman–Crippen LogP) is 1.12. The highest BCUT2D eigenvalue weighted by Gasteiger charge is 2.22. The van der Waals surface area contributed by atoms with E-state index in [1.54, 1.807) is 13.4 Å². The number of aromatic amines is 1. The van der Waals surface area contributed by atoms with Crippen molar-refractivity contribution in [3.05, 3.63) is 29.8 Å². The molecule has 0 aliphatic carbocycles. The maximum absolute atomic E-state index is 5.27. The van der Waals surface area contributed by atoms with Crippen molar-refractivity contribution < 1.29 is 9.26 Å². The predicted molar refractivity (Wildman–Crippen MR) is 91.1 cm³/mol. The number of anilines is 1. The molecule has 1 N–H and O–H groups in total. The molecule has 1 aliphatic heterocycles. The minimum absolute atomic E-state index is 0.372. The van der Waals surface area contributed by atoms with Crippen LogP contribution in [0.3, 0.4) is 0 Å². The van der Waals surface area contributed by atoms with E-state index in [9.17, 15) is 0 Å². The Morgan fingerprint density at radius 3 is 2.88 bits per heavy atom. The molecule has 0 saturated carbocycles. The van der Waals surface area contributed by atoms with Gasteiger partial charge >= 0.3 is 0 Å². The standard InChI is InChI=1S/C16H21N7O2/c1-11-7-12-15(19-11)16(18-10-17-12)23-5-3-22(4-6-23)8-14-20-13(9-24-2)21-25-14/h7,10,19H,3-6,8-9H2,1-2H3. The van der Waals surface area contributed by atoms with Crippen LogP contribution in [-0.4, -0.2) is 63.3 Å². The van der Waals surface area contributed by atoms with Crippen LogP contribution in [0.1, 0.15) is 17.4 Å². The Kier molecular flexibility index (Phi) is 4.33. The number of nitrogens with zero attached hydrogens (tertiary/aromatic N) is 6. The maximum atomic E-state index is 5.27. The molecular weight excluding hydrogens is 322 g/mol. The van der Waals surface area contributed by atoms with Gasteiger partial charge in [-0.3, -0.25) is 4.90 Å². The lowest BCUT2D eigenvalue weighted by atomic mass is 10.3. The van der Waals surface area contributed by atoms with E-state index in [-0.39, 0.29) is 0 Å². The molecule has 0 aromatic carbocycles. The fourth-order valence-electron chi connectivity index (χ4n) is 3.15. The number of nitrogens with one attached hydrogen (secondary N) is 1. The van der Waals surface area contributed by atoms with Crippen molar-refractivity contribution in [1.82, 2.24) is 30.0 Å². The summed E-state index contributed by atoms with van der Waals surface area (Å²) in [4.78, 5) is 21.1. The van der Waals surface area contributed by atoms with Gasteiger partial charge in [0, 0.05) is 39.0 Å². The molecule has 0 atom stereocenters. The number of aryl methyl sites for hydroxylation is 1. The van der Waals surface area contributed by atoms with Crippen LogP contribution >= 0.6 is 0 Å². The molecule has 0 bridgehead atoms. The van der Waals surface area contributed by atoms with Crippen LogP contribution in [0.5, 0.6) is 0 Å². The third-order valence-electron chi connectivity index (χ3n) is 4.35. The molecule has 25 heavy (non-hydrogen) atoms. The summed E-state index contributed by atoms with van der Waals surface area (Å²) in [6, 6.07) is 2.05. The minimum atomic E-state index is 0.372. The molecular formula is C16H21N7O2. The molecule has 1 fully saturated rings. The highest BCUT2D eigenvalue weighted by atomic mass is 16.5. The second kappa shape index (κ2) is 6.77. The highest BCUT2D eigenvalue weighted by Crippen LogP contribution is 2.24. The first kappa shape index (κ1) is 16.0. The quantitative estimate of drug-likeness (QED) is 0.736. The molecule has 4 rings (SSSR count). The Bertz CT molecular complexity index is 851. The molecule has 3 aromatic rings. The van der Waals surface area contributed by atoms with Gasteiger partial charge in [-0.15, -0.1) is 0 Å². The van der Waals surface area contributed by atoms with Gasteiger partial charge in [-0.1, -0.05) is 5.16 Å². The lowest BCUT2D eigenvalue weighted by Crippen LogP contribution is -2.46. The monoisotopic (exact) mass is 343 g/mol. The third-order valence-corrected chi connectivity index (χ3v) is 4.35. The molecule has 0 radical (unpaired) electrons. The van der Waals surface area contributed by atoms with Crippen LogP contribution in [0.2, 0.25) is 0 Å². The SMILES string of the molecule is COCc1noc(CN2CCN(c3ncnc4cc(C)[nH]c34)CC2)n1. The first-order chi connectivity index (χ1) is 12.2. The fourth-order valence-corrected chi connectivity index (χ4v) is 3.15. The largest absolute Gasteiger partial charge is 0.377 e. The lowest BCUT2D eigenvalue weighted by molar-refractivity contribution is 0.174. The van der Waals surface area contributed by atoms with Gasteiger partial charge in [-0.25, -0.2) is 9.97 Å². The summed E-state index contributed by atoms with van der Waals surface area (Å²) >= 11 is 0. The second-order valence-corrected chi connectivity index (χ2v) is 6.21. The van der Waals surface area contributed by atoms with E-state index in [0.717, 1.165) is 48.7 Å². The smallest absolute Gasteiger partial charge is 0.240 e. The molecule has 1 aliphatic rings. The fraction of sp³-hybridized carbons (Fsp3) is 0.500. The van der Waals surface area contributed by atoms with Crippen LogP contribution in [0, 0.1) is 6.92 Å². The van der Waals surface area contributed by atoms with Crippen LogP contribution in [0.4, 0.5) is 5.82 Å². The van der Waals surface area contributed by atoms with Gasteiger partial charge in [0.2, 0.25) is 5.89 Å². The zero-order valence-corrected chi connectivity index (χ0v) is 14.4. The number of H-pyrrole nitrogens is 1. The maximum Gasteiger partial charge on any atom is 0.240 e. The summed E-state index contributed by atoms with van der Waals surface area (Å²) in [6.07, 6.45) is 1.63. The first-order valence-corrected chi connectivity index (χ1v) is 8.31. The summed E-state index contributed by atoms with van der Waals surface area (Å²) in [7, 11) is 1.62. The number of rotatable bonds is 5. The number of ether oxygens (including phenoxy) is 1. The van der Waals surface area contributed by atoms with Crippen LogP contribution in [-0.2, 0) is 17.9 Å². The lowest BCUT2D eigenvalue weighted by Gasteiger charge is -2.34. The molecule has 9 nitrogen and oxygen atoms in total. The van der Waals surface area contributed by atoms with Crippen molar-refractivity contribution in [2.24, 2.45) is 0 Å². The number of aromatic nitrogens is 5. The van der Waals surface area contributed by atoms with Crippen LogP contribution < -0.4 is 4.90 Å². The van der Waals surface area contributed by atoms with Crippen molar-refractivity contribution in [3.8, 4) is 0 Å². The molecule has 0 spiro atoms. The average molecular weight is 343 g/mol. The van der Waals surface area contributed by atoms with E-state index in [2.05, 4.69) is 34.9 Å². The van der Waals surface area contributed by atoms with Gasteiger partial charge in [-0.05, 0) is 13.0 Å². The van der Waals surface area contributed by atoms with Gasteiger partial charge in [0.1, 0.15) is 18.5 Å². The number of hydrogen-bond donors (Lipinski definition) is 1. The van der Waals surface area contributed by atoms with E-state index in [4.69, 9.17) is 9.26 Å². The van der Waals surface area contributed by atoms with Crippen LogP contribution in [0.25, 0.3) is 11.0 Å². The molecule has 1 saturated heterocycles. The van der Waals surface area contributed by atoms with Crippen molar-refractivity contribution in [3.63, 3.8) is 0 Å². The topological polar surface area (TPSA) is 96.2 Å². The molecule has 9 heteroatoms. The van der Waals surface area contributed by atoms with Gasteiger partial charge in [-0.2, -0.15) is 4.98 Å². The Labute approximate surface area is 145 Å². The summed E-state index contributed by atoms with van der Waals surface area (Å²) in [6.45, 7) is 6.67. The van der Waals surface area contributed by atoms with Gasteiger partial charge in [0.15, 0.2) is 11.6 Å². The normalized spacial score (nSPS) is 16.0. The Morgan fingerprint density at radius 1 is 1.24 bits per heavy atom. The van der Waals surface area contributed by atoms with Crippen molar-refractivity contribution in [1.29, 1.82) is 0 Å². The zero-order chi connectivity index (χ0) is 17.2. The number of hydrogen-bond acceptors (Lipinski definition) is 8. The van der Waals surface area contributed by atoms with Crippen LogP contribution in [0.15, 0.2) is 16.9 Å². The Hall–Kier alpha value is -2.52. The summed E-state index contributed by atoms with van der Waals surface area (Å²) in [5.41, 5.74) is 3.06. The van der Waals surface area contributed by atoms with E-state index < -0.39 is 0 Å². The van der Waals surface area contributed by atoms with Gasteiger partial charge in [0.25, 0.3) is 0 Å². The highest BCUT2D eigenvalue weighted by molar-refractivity contribution is 5.86. The molecule has 0 unspecified atom stereocenters. The Morgan fingerprint density at radius 2 is 2.08 bits per heavy atom. The van der Waals surface area contributed by atoms with E-state index in [0.29, 0.717) is 24.9 Å². The Balaban J connectivity index is 1.40. The van der Waals surface area contributed by atoms with Crippen molar-refractivity contribution in [2.45, 2.75) is 20.1 Å². The van der Waals surface area contributed by atoms with Crippen molar-refractivity contribution in [2.75, 3.05) is 38.2 Å². The number of fused-ring (bicyclic) bond motifs is 1. The van der Waals surface area contributed by atoms with E-state index in [1.165, 1.54) is 0 Å². The molecule has 4 heterocycles. The minimum Gasteiger partial charge on any atom is -0.377 e. The third kappa shape index (κ3) is 3.33. The molecule has 0 amide bonds. The average Bonchev–Trinajstić information content (AvgIpc) is 3.21. The second-order valence-electron chi connectivity index (χ2n) is 6.21. The van der Waals surface area contributed by atoms with E-state index >= 15 is 0 Å². The van der Waals surface area contributed by atoms with Gasteiger partial charge < -0.3 is 19.1 Å². The first-order valence-electron chi connectivity index (χ1n) is 8.31. The molecule has 132 valence electrons. The summed E-state index contributed by atoms with van der Waals surface area (Å²) in [5.74, 6) is 2.18. The molecule has 3 aromatic heterocycles. The number of piperazine rings is 1. The summed E-state index contributed by atoms with van der Waals surface area (Å²) < 4.78 is 10.3. The van der Waals surface area contributed by atoms with Crippen molar-refractivity contribution >= 4 is 16.9 Å².